The van der Waals surface area contributed by atoms with Crippen molar-refractivity contribution >= 4 is 5.91 Å². The van der Waals surface area contributed by atoms with E-state index in [1.807, 2.05) is 17.8 Å². The second-order valence-corrected chi connectivity index (χ2v) is 8.25. The summed E-state index contributed by atoms with van der Waals surface area (Å²) in [6.07, 6.45) is 6.83. The van der Waals surface area contributed by atoms with Gasteiger partial charge < -0.3 is 4.90 Å². The molecule has 25 heavy (non-hydrogen) atoms. The lowest BCUT2D eigenvalue weighted by atomic mass is 10.0. The van der Waals surface area contributed by atoms with Crippen LogP contribution in [0.25, 0.3) is 0 Å². The van der Waals surface area contributed by atoms with Gasteiger partial charge in [-0.3, -0.25) is 14.4 Å². The van der Waals surface area contributed by atoms with Crippen molar-refractivity contribution in [1.82, 2.24) is 19.6 Å². The third-order valence-electron chi connectivity index (χ3n) is 5.63. The van der Waals surface area contributed by atoms with Gasteiger partial charge in [0.1, 0.15) is 0 Å². The Labute approximate surface area is 152 Å². The zero-order valence-electron chi connectivity index (χ0n) is 16.4. The van der Waals surface area contributed by atoms with Crippen molar-refractivity contribution in [2.75, 3.05) is 26.2 Å². The molecule has 5 heteroatoms. The Morgan fingerprint density at radius 2 is 2.08 bits per heavy atom. The number of rotatable bonds is 6. The predicted octanol–water partition coefficient (Wildman–Crippen LogP) is 3.18. The van der Waals surface area contributed by atoms with Gasteiger partial charge in [0.25, 0.3) is 5.91 Å². The molecule has 1 aromatic rings. The van der Waals surface area contributed by atoms with Crippen LogP contribution in [-0.4, -0.2) is 57.7 Å². The van der Waals surface area contributed by atoms with Gasteiger partial charge in [-0.15, -0.1) is 0 Å². The molecule has 0 N–H and O–H groups in total. The average molecular weight is 347 g/mol. The van der Waals surface area contributed by atoms with E-state index in [9.17, 15) is 4.79 Å². The maximum atomic E-state index is 13.2. The molecular weight excluding hydrogens is 312 g/mol. The Balaban J connectivity index is 1.73. The van der Waals surface area contributed by atoms with Crippen LogP contribution in [0.5, 0.6) is 0 Å². The van der Waals surface area contributed by atoms with Gasteiger partial charge in [0.2, 0.25) is 0 Å². The number of hydrogen-bond acceptors (Lipinski definition) is 3. The lowest BCUT2D eigenvalue weighted by Crippen LogP contribution is -2.46. The molecule has 2 heterocycles. The Kier molecular flexibility index (Phi) is 5.82. The fourth-order valence-electron chi connectivity index (χ4n) is 3.98. The summed E-state index contributed by atoms with van der Waals surface area (Å²) in [7, 11) is 0. The normalized spacial score (nSPS) is 22.4. The second kappa shape index (κ2) is 7.90. The van der Waals surface area contributed by atoms with Gasteiger partial charge in [-0.05, 0) is 44.4 Å². The average Bonchev–Trinajstić information content (AvgIpc) is 3.33. The van der Waals surface area contributed by atoms with Crippen LogP contribution in [0.2, 0.25) is 0 Å². The molecule has 1 saturated heterocycles. The highest BCUT2D eigenvalue weighted by molar-refractivity contribution is 5.95. The maximum Gasteiger partial charge on any atom is 0.257 e. The van der Waals surface area contributed by atoms with Crippen molar-refractivity contribution in [3.8, 4) is 0 Å². The molecule has 1 aliphatic carbocycles. The Bertz CT molecular complexity index is 591. The third-order valence-corrected chi connectivity index (χ3v) is 5.63. The van der Waals surface area contributed by atoms with E-state index in [2.05, 4.69) is 35.7 Å². The van der Waals surface area contributed by atoms with E-state index in [4.69, 9.17) is 0 Å². The summed E-state index contributed by atoms with van der Waals surface area (Å²) in [5.41, 5.74) is 1.64. The predicted molar refractivity (Wildman–Crippen MR) is 101 cm³/mol. The van der Waals surface area contributed by atoms with Crippen LogP contribution in [0.1, 0.15) is 62.5 Å². The fourth-order valence-corrected chi connectivity index (χ4v) is 3.98. The molecule has 0 aromatic carbocycles. The molecule has 1 unspecified atom stereocenters. The third kappa shape index (κ3) is 4.43. The number of nitrogens with zero attached hydrogens (tertiary/aromatic N) is 4. The van der Waals surface area contributed by atoms with Crippen LogP contribution in [0, 0.1) is 18.8 Å². The summed E-state index contributed by atoms with van der Waals surface area (Å²) in [6.45, 7) is 13.6. The minimum Gasteiger partial charge on any atom is -0.337 e. The molecule has 0 bridgehead atoms. The minimum absolute atomic E-state index is 0.166. The molecule has 1 saturated carbocycles. The molecule has 3 rings (SSSR count). The van der Waals surface area contributed by atoms with E-state index in [1.165, 1.54) is 19.4 Å². The molecule has 140 valence electrons. The summed E-state index contributed by atoms with van der Waals surface area (Å²) in [5, 5.41) is 4.52. The molecule has 2 aliphatic rings. The first kappa shape index (κ1) is 18.4. The van der Waals surface area contributed by atoms with E-state index in [0.717, 1.165) is 56.2 Å². The summed E-state index contributed by atoms with van der Waals surface area (Å²) < 4.78 is 1.92. The fraction of sp³-hybridized carbons (Fsp3) is 0.800. The SMILES string of the molecule is CCCn1cc(C(=O)N2CCCN(CC3CC3)C(C(C)C)C2)c(C)n1. The van der Waals surface area contributed by atoms with Gasteiger partial charge in [-0.2, -0.15) is 5.10 Å². The van der Waals surface area contributed by atoms with Crippen molar-refractivity contribution in [2.45, 2.75) is 66.0 Å². The first-order chi connectivity index (χ1) is 12.0. The molecule has 0 spiro atoms. The van der Waals surface area contributed by atoms with Gasteiger partial charge >= 0.3 is 0 Å². The number of hydrogen-bond donors (Lipinski definition) is 0. The van der Waals surface area contributed by atoms with Gasteiger partial charge in [0.05, 0.1) is 11.3 Å². The molecule has 1 amide bonds. The Hall–Kier alpha value is -1.36. The molecule has 1 atom stereocenters. The number of carbonyl (C=O) groups is 1. The summed E-state index contributed by atoms with van der Waals surface area (Å²) in [4.78, 5) is 17.9. The molecule has 1 aromatic heterocycles. The zero-order chi connectivity index (χ0) is 18.0. The van der Waals surface area contributed by atoms with Gasteiger partial charge in [0, 0.05) is 45.0 Å². The standard InChI is InChI=1S/C20H34N4O/c1-5-9-24-13-18(16(4)21-24)20(25)23-11-6-10-22(12-17-7-8-17)19(14-23)15(2)3/h13,15,17,19H,5-12,14H2,1-4H3. The van der Waals surface area contributed by atoms with Crippen LogP contribution in [-0.2, 0) is 6.54 Å². The molecule has 5 nitrogen and oxygen atoms in total. The monoisotopic (exact) mass is 346 g/mol. The van der Waals surface area contributed by atoms with Crippen molar-refractivity contribution in [3.05, 3.63) is 17.5 Å². The van der Waals surface area contributed by atoms with E-state index in [1.54, 1.807) is 0 Å². The van der Waals surface area contributed by atoms with E-state index < -0.39 is 0 Å². The highest BCUT2D eigenvalue weighted by Gasteiger charge is 2.34. The lowest BCUT2D eigenvalue weighted by Gasteiger charge is -2.34. The summed E-state index contributed by atoms with van der Waals surface area (Å²) in [5.74, 6) is 1.63. The zero-order valence-corrected chi connectivity index (χ0v) is 16.4. The quantitative estimate of drug-likeness (QED) is 0.794. The largest absolute Gasteiger partial charge is 0.337 e. The second-order valence-electron chi connectivity index (χ2n) is 8.25. The van der Waals surface area contributed by atoms with E-state index in [-0.39, 0.29) is 5.91 Å². The van der Waals surface area contributed by atoms with Crippen molar-refractivity contribution < 1.29 is 4.79 Å². The first-order valence-corrected chi connectivity index (χ1v) is 10.1. The maximum absolute atomic E-state index is 13.2. The number of aryl methyl sites for hydroxylation is 2. The Morgan fingerprint density at radius 3 is 2.72 bits per heavy atom. The molecule has 0 radical (unpaired) electrons. The topological polar surface area (TPSA) is 41.4 Å². The molecule has 2 fully saturated rings. The first-order valence-electron chi connectivity index (χ1n) is 10.1. The van der Waals surface area contributed by atoms with Gasteiger partial charge in [-0.25, -0.2) is 0 Å². The Morgan fingerprint density at radius 1 is 1.32 bits per heavy atom. The highest BCUT2D eigenvalue weighted by Crippen LogP contribution is 2.32. The van der Waals surface area contributed by atoms with Gasteiger partial charge in [0.15, 0.2) is 0 Å². The highest BCUT2D eigenvalue weighted by atomic mass is 16.2. The van der Waals surface area contributed by atoms with Crippen LogP contribution in [0.4, 0.5) is 0 Å². The van der Waals surface area contributed by atoms with Gasteiger partial charge in [-0.1, -0.05) is 20.8 Å². The van der Waals surface area contributed by atoms with Crippen LogP contribution < -0.4 is 0 Å². The van der Waals surface area contributed by atoms with Crippen molar-refractivity contribution in [1.29, 1.82) is 0 Å². The number of amides is 1. The van der Waals surface area contributed by atoms with Crippen LogP contribution in [0.15, 0.2) is 6.20 Å². The number of aromatic nitrogens is 2. The minimum atomic E-state index is 0.166. The molecule has 1 aliphatic heterocycles. The van der Waals surface area contributed by atoms with E-state index in [0.29, 0.717) is 12.0 Å². The summed E-state index contributed by atoms with van der Waals surface area (Å²) >= 11 is 0. The summed E-state index contributed by atoms with van der Waals surface area (Å²) in [6, 6.07) is 0.470. The lowest BCUT2D eigenvalue weighted by molar-refractivity contribution is 0.0703. The van der Waals surface area contributed by atoms with Crippen molar-refractivity contribution in [3.63, 3.8) is 0 Å². The number of carbonyl (C=O) groups excluding carboxylic acids is 1. The van der Waals surface area contributed by atoms with E-state index >= 15 is 0 Å². The van der Waals surface area contributed by atoms with Crippen LogP contribution in [0.3, 0.4) is 0 Å². The smallest absolute Gasteiger partial charge is 0.257 e. The molecular formula is C20H34N4O. The van der Waals surface area contributed by atoms with Crippen LogP contribution >= 0.6 is 0 Å². The van der Waals surface area contributed by atoms with Crippen molar-refractivity contribution in [2.24, 2.45) is 11.8 Å².